The Morgan fingerprint density at radius 3 is 2.46 bits per heavy atom. The van der Waals surface area contributed by atoms with E-state index in [1.807, 2.05) is 12.1 Å². The van der Waals surface area contributed by atoms with Gasteiger partial charge in [-0.1, -0.05) is 36.4 Å². The number of nitrogens with two attached hydrogens (primary N) is 1. The van der Waals surface area contributed by atoms with E-state index >= 15 is 0 Å². The highest BCUT2D eigenvalue weighted by molar-refractivity contribution is 5.54. The molecule has 1 unspecified atom stereocenters. The third kappa shape index (κ3) is 3.44. The van der Waals surface area contributed by atoms with Crippen molar-refractivity contribution in [2.24, 2.45) is 11.7 Å². The van der Waals surface area contributed by atoms with Gasteiger partial charge < -0.3 is 20.3 Å². The summed E-state index contributed by atoms with van der Waals surface area (Å²) >= 11 is 0. The minimum atomic E-state index is 0.216. The first-order chi connectivity index (χ1) is 12.7. The lowest BCUT2D eigenvalue weighted by molar-refractivity contribution is 0.239. The molecule has 26 heavy (non-hydrogen) atoms. The fraction of sp³-hybridized carbons (Fsp3) is 0.455. The van der Waals surface area contributed by atoms with Crippen LogP contribution in [-0.2, 0) is 6.42 Å². The lowest BCUT2D eigenvalue weighted by Crippen LogP contribution is -2.33. The van der Waals surface area contributed by atoms with Gasteiger partial charge in [0.2, 0.25) is 0 Å². The van der Waals surface area contributed by atoms with Crippen molar-refractivity contribution in [1.29, 1.82) is 0 Å². The minimum Gasteiger partial charge on any atom is -0.493 e. The topological polar surface area (TPSA) is 64.7 Å². The van der Waals surface area contributed by atoms with Crippen LogP contribution in [0.25, 0.3) is 0 Å². The Morgan fingerprint density at radius 2 is 1.85 bits per heavy atom. The van der Waals surface area contributed by atoms with E-state index in [0.717, 1.165) is 30.8 Å². The van der Waals surface area contributed by atoms with Crippen molar-refractivity contribution >= 4 is 0 Å². The van der Waals surface area contributed by atoms with Crippen LogP contribution in [0.5, 0.6) is 11.5 Å². The number of aliphatic hydroxyl groups excluding tert-OH is 1. The SMILES string of the molecule is COc1ccc2c(c1OC)C[C@@H](c1ccccc1)C(CCCO)[C@H]2CN. The zero-order chi connectivity index (χ0) is 18.5. The maximum Gasteiger partial charge on any atom is 0.164 e. The van der Waals surface area contributed by atoms with Gasteiger partial charge in [0.05, 0.1) is 14.2 Å². The second-order valence-corrected chi connectivity index (χ2v) is 6.96. The fourth-order valence-electron chi connectivity index (χ4n) is 4.54. The van der Waals surface area contributed by atoms with Crippen LogP contribution in [0.4, 0.5) is 0 Å². The predicted octanol–water partition coefficient (Wildman–Crippen LogP) is 3.47. The van der Waals surface area contributed by atoms with E-state index in [-0.39, 0.29) is 12.5 Å². The second kappa shape index (κ2) is 8.56. The Labute approximate surface area is 155 Å². The van der Waals surface area contributed by atoms with Crippen molar-refractivity contribution in [2.45, 2.75) is 31.1 Å². The number of aliphatic hydroxyl groups is 1. The highest BCUT2D eigenvalue weighted by Gasteiger charge is 2.38. The summed E-state index contributed by atoms with van der Waals surface area (Å²) in [4.78, 5) is 0. The Bertz CT molecular complexity index is 717. The van der Waals surface area contributed by atoms with Crippen LogP contribution >= 0.6 is 0 Å². The summed E-state index contributed by atoms with van der Waals surface area (Å²) in [5, 5.41) is 9.39. The molecule has 0 saturated carbocycles. The zero-order valence-corrected chi connectivity index (χ0v) is 15.7. The number of rotatable bonds is 7. The molecule has 0 spiro atoms. The Kier molecular flexibility index (Phi) is 6.17. The molecule has 1 aliphatic carbocycles. The van der Waals surface area contributed by atoms with E-state index in [0.29, 0.717) is 18.4 Å². The van der Waals surface area contributed by atoms with Crippen LogP contribution in [0, 0.1) is 5.92 Å². The number of ether oxygens (including phenoxy) is 2. The molecule has 0 amide bonds. The smallest absolute Gasteiger partial charge is 0.164 e. The molecular formula is C22H29NO3. The van der Waals surface area contributed by atoms with Gasteiger partial charge in [0, 0.05) is 12.2 Å². The van der Waals surface area contributed by atoms with Crippen LogP contribution in [0.2, 0.25) is 0 Å². The monoisotopic (exact) mass is 355 g/mol. The second-order valence-electron chi connectivity index (χ2n) is 6.96. The Balaban J connectivity index is 2.11. The molecule has 0 bridgehead atoms. The number of hydrogen-bond acceptors (Lipinski definition) is 4. The first-order valence-electron chi connectivity index (χ1n) is 9.34. The average molecular weight is 355 g/mol. The van der Waals surface area contributed by atoms with E-state index in [4.69, 9.17) is 15.2 Å². The summed E-state index contributed by atoms with van der Waals surface area (Å²) in [6.07, 6.45) is 2.66. The molecule has 3 N–H and O–H groups in total. The Morgan fingerprint density at radius 1 is 1.08 bits per heavy atom. The maximum absolute atomic E-state index is 9.39. The van der Waals surface area contributed by atoms with Crippen molar-refractivity contribution < 1.29 is 14.6 Å². The van der Waals surface area contributed by atoms with Crippen molar-refractivity contribution in [3.8, 4) is 11.5 Å². The van der Waals surface area contributed by atoms with Crippen molar-refractivity contribution in [1.82, 2.24) is 0 Å². The highest BCUT2D eigenvalue weighted by atomic mass is 16.5. The first kappa shape index (κ1) is 18.7. The van der Waals surface area contributed by atoms with Gasteiger partial charge in [-0.2, -0.15) is 0 Å². The van der Waals surface area contributed by atoms with Gasteiger partial charge >= 0.3 is 0 Å². The third-order valence-corrected chi connectivity index (χ3v) is 5.72. The summed E-state index contributed by atoms with van der Waals surface area (Å²) in [5.74, 6) is 2.59. The molecule has 0 aromatic heterocycles. The molecule has 0 heterocycles. The minimum absolute atomic E-state index is 0.216. The molecule has 140 valence electrons. The van der Waals surface area contributed by atoms with Gasteiger partial charge in [-0.15, -0.1) is 0 Å². The molecular weight excluding hydrogens is 326 g/mol. The summed E-state index contributed by atoms with van der Waals surface area (Å²) in [5.41, 5.74) is 10.0. The molecule has 4 nitrogen and oxygen atoms in total. The quantitative estimate of drug-likeness (QED) is 0.798. The van der Waals surface area contributed by atoms with Crippen LogP contribution in [0.15, 0.2) is 42.5 Å². The van der Waals surface area contributed by atoms with Crippen molar-refractivity contribution in [2.75, 3.05) is 27.4 Å². The van der Waals surface area contributed by atoms with E-state index < -0.39 is 0 Å². The summed E-state index contributed by atoms with van der Waals surface area (Å²) in [6, 6.07) is 14.7. The number of fused-ring (bicyclic) bond motifs is 1. The van der Waals surface area contributed by atoms with Crippen molar-refractivity contribution in [3.05, 3.63) is 59.2 Å². The lowest BCUT2D eigenvalue weighted by Gasteiger charge is -2.40. The highest BCUT2D eigenvalue weighted by Crippen LogP contribution is 2.50. The van der Waals surface area contributed by atoms with Crippen LogP contribution in [0.1, 0.15) is 41.4 Å². The van der Waals surface area contributed by atoms with E-state index in [9.17, 15) is 5.11 Å². The van der Waals surface area contributed by atoms with E-state index in [2.05, 4.69) is 30.3 Å². The van der Waals surface area contributed by atoms with E-state index in [1.165, 1.54) is 16.7 Å². The van der Waals surface area contributed by atoms with Crippen molar-refractivity contribution in [3.63, 3.8) is 0 Å². The molecule has 1 aliphatic rings. The molecule has 0 fully saturated rings. The molecule has 0 radical (unpaired) electrons. The molecule has 3 rings (SSSR count). The van der Waals surface area contributed by atoms with Gasteiger partial charge in [-0.3, -0.25) is 0 Å². The molecule has 0 saturated heterocycles. The average Bonchev–Trinajstić information content (AvgIpc) is 2.70. The fourth-order valence-corrected chi connectivity index (χ4v) is 4.54. The summed E-state index contributed by atoms with van der Waals surface area (Å²) in [6.45, 7) is 0.802. The van der Waals surface area contributed by atoms with Gasteiger partial charge in [-0.25, -0.2) is 0 Å². The van der Waals surface area contributed by atoms with Crippen LogP contribution in [-0.4, -0.2) is 32.5 Å². The normalized spacial score (nSPS) is 21.9. The van der Waals surface area contributed by atoms with E-state index in [1.54, 1.807) is 14.2 Å². The number of benzene rings is 2. The Hall–Kier alpha value is -2.04. The largest absolute Gasteiger partial charge is 0.493 e. The molecule has 2 aromatic rings. The van der Waals surface area contributed by atoms with Gasteiger partial charge in [0.1, 0.15) is 0 Å². The first-order valence-corrected chi connectivity index (χ1v) is 9.34. The van der Waals surface area contributed by atoms with Gasteiger partial charge in [-0.05, 0) is 60.8 Å². The molecule has 2 aromatic carbocycles. The summed E-state index contributed by atoms with van der Waals surface area (Å²) < 4.78 is 11.2. The number of methoxy groups -OCH3 is 2. The van der Waals surface area contributed by atoms with Gasteiger partial charge in [0.15, 0.2) is 11.5 Å². The third-order valence-electron chi connectivity index (χ3n) is 5.72. The lowest BCUT2D eigenvalue weighted by atomic mass is 9.65. The molecule has 0 aliphatic heterocycles. The molecule has 4 heteroatoms. The zero-order valence-electron chi connectivity index (χ0n) is 15.7. The summed E-state index contributed by atoms with van der Waals surface area (Å²) in [7, 11) is 3.37. The van der Waals surface area contributed by atoms with Crippen LogP contribution < -0.4 is 15.2 Å². The predicted molar refractivity (Wildman–Crippen MR) is 104 cm³/mol. The number of hydrogen-bond donors (Lipinski definition) is 2. The maximum atomic E-state index is 9.39. The standard InChI is InChI=1S/C22H29NO3/c1-25-21-11-10-17-19(22(21)26-2)13-18(15-7-4-3-5-8-15)16(9-6-12-24)20(17)14-23/h3-5,7-8,10-11,16,18,20,24H,6,9,12-14,23H2,1-2H3/t16?,18-,20+/m0/s1. The molecule has 3 atom stereocenters. The van der Waals surface area contributed by atoms with Gasteiger partial charge in [0.25, 0.3) is 0 Å². The van der Waals surface area contributed by atoms with Crippen LogP contribution in [0.3, 0.4) is 0 Å².